The Morgan fingerprint density at radius 1 is 1.18 bits per heavy atom. The van der Waals surface area contributed by atoms with Gasteiger partial charge in [0.2, 0.25) is 0 Å². The smallest absolute Gasteiger partial charge is 0.147 e. The van der Waals surface area contributed by atoms with E-state index < -0.39 is 11.9 Å². The molecule has 1 unspecified atom stereocenters. The van der Waals surface area contributed by atoms with Crippen LogP contribution in [0, 0.1) is 5.82 Å². The number of aromatic nitrogens is 1. The maximum absolute atomic E-state index is 13.4. The van der Waals surface area contributed by atoms with E-state index in [4.69, 9.17) is 23.2 Å². The van der Waals surface area contributed by atoms with Gasteiger partial charge in [-0.1, -0.05) is 29.3 Å². The van der Waals surface area contributed by atoms with E-state index >= 15 is 0 Å². The maximum Gasteiger partial charge on any atom is 0.147 e. The van der Waals surface area contributed by atoms with Gasteiger partial charge < -0.3 is 5.11 Å². The number of nitrogens with zero attached hydrogens (tertiary/aromatic N) is 1. The molecule has 2 nitrogen and oxygen atoms in total. The number of halogens is 3. The lowest BCUT2D eigenvalue weighted by atomic mass is 10.0. The highest BCUT2D eigenvalue weighted by atomic mass is 35.5. The van der Waals surface area contributed by atoms with Gasteiger partial charge in [-0.05, 0) is 23.8 Å². The lowest BCUT2D eigenvalue weighted by molar-refractivity contribution is 0.214. The number of aliphatic hydroxyl groups is 1. The highest BCUT2D eigenvalue weighted by Crippen LogP contribution is 2.29. The number of benzene rings is 1. The van der Waals surface area contributed by atoms with Crippen LogP contribution < -0.4 is 0 Å². The molecular weight excluding hydrogens is 264 g/mol. The molecule has 0 saturated carbocycles. The summed E-state index contributed by atoms with van der Waals surface area (Å²) in [5, 5.41) is 10.7. The first-order chi connectivity index (χ1) is 8.09. The van der Waals surface area contributed by atoms with Crippen molar-refractivity contribution in [2.75, 3.05) is 0 Å². The van der Waals surface area contributed by atoms with Crippen molar-refractivity contribution >= 4 is 23.2 Å². The molecule has 1 heterocycles. The first kappa shape index (κ1) is 12.3. The second kappa shape index (κ2) is 5.00. The Balaban J connectivity index is 2.40. The molecule has 88 valence electrons. The Morgan fingerprint density at radius 2 is 1.94 bits per heavy atom. The van der Waals surface area contributed by atoms with E-state index in [1.54, 1.807) is 12.1 Å². The number of rotatable bonds is 2. The minimum Gasteiger partial charge on any atom is -0.384 e. The fraction of sp³-hybridized carbons (Fsp3) is 0.0833. The molecule has 1 atom stereocenters. The Labute approximate surface area is 108 Å². The standard InChI is InChI=1S/C12H8Cl2FNO/c13-9-2-1-7(5-10(9)14)12(17)8-3-4-16-6-11(8)15/h1-6,12,17H. The van der Waals surface area contributed by atoms with Gasteiger partial charge in [-0.2, -0.15) is 0 Å². The van der Waals surface area contributed by atoms with Crippen LogP contribution in [0.3, 0.4) is 0 Å². The van der Waals surface area contributed by atoms with Crippen LogP contribution in [0.15, 0.2) is 36.7 Å². The normalized spacial score (nSPS) is 12.5. The zero-order valence-corrected chi connectivity index (χ0v) is 10.1. The monoisotopic (exact) mass is 271 g/mol. The van der Waals surface area contributed by atoms with E-state index in [0.717, 1.165) is 6.20 Å². The third kappa shape index (κ3) is 2.57. The van der Waals surface area contributed by atoms with Gasteiger partial charge >= 0.3 is 0 Å². The van der Waals surface area contributed by atoms with E-state index in [1.165, 1.54) is 18.3 Å². The third-order valence-electron chi connectivity index (χ3n) is 2.36. The lowest BCUT2D eigenvalue weighted by Gasteiger charge is -2.12. The molecule has 17 heavy (non-hydrogen) atoms. The third-order valence-corrected chi connectivity index (χ3v) is 3.10. The van der Waals surface area contributed by atoms with Gasteiger partial charge in [0, 0.05) is 11.8 Å². The molecule has 0 radical (unpaired) electrons. The van der Waals surface area contributed by atoms with Gasteiger partial charge in [-0.15, -0.1) is 0 Å². The largest absolute Gasteiger partial charge is 0.384 e. The molecule has 0 fully saturated rings. The van der Waals surface area contributed by atoms with Crippen LogP contribution in [0.5, 0.6) is 0 Å². The van der Waals surface area contributed by atoms with E-state index in [0.29, 0.717) is 15.6 Å². The Morgan fingerprint density at radius 3 is 2.59 bits per heavy atom. The van der Waals surface area contributed by atoms with Crippen molar-refractivity contribution in [1.29, 1.82) is 0 Å². The maximum atomic E-state index is 13.4. The number of pyridine rings is 1. The number of aliphatic hydroxyl groups excluding tert-OH is 1. The summed E-state index contributed by atoms with van der Waals surface area (Å²) < 4.78 is 13.4. The fourth-order valence-electron chi connectivity index (χ4n) is 1.47. The van der Waals surface area contributed by atoms with Crippen molar-refractivity contribution in [2.45, 2.75) is 6.10 Å². The fourth-order valence-corrected chi connectivity index (χ4v) is 1.78. The summed E-state index contributed by atoms with van der Waals surface area (Å²) in [4.78, 5) is 3.62. The molecule has 0 bridgehead atoms. The van der Waals surface area contributed by atoms with E-state index in [1.807, 2.05) is 0 Å². The van der Waals surface area contributed by atoms with Gasteiger partial charge in [0.25, 0.3) is 0 Å². The van der Waals surface area contributed by atoms with Crippen molar-refractivity contribution in [3.05, 3.63) is 63.6 Å². The van der Waals surface area contributed by atoms with Crippen LogP contribution in [0.25, 0.3) is 0 Å². The summed E-state index contributed by atoms with van der Waals surface area (Å²) in [5.74, 6) is -0.564. The highest BCUT2D eigenvalue weighted by Gasteiger charge is 2.15. The van der Waals surface area contributed by atoms with Gasteiger partial charge in [-0.25, -0.2) is 4.39 Å². The summed E-state index contributed by atoms with van der Waals surface area (Å²) in [6.07, 6.45) is 1.38. The van der Waals surface area contributed by atoms with Gasteiger partial charge in [0.1, 0.15) is 11.9 Å². The SMILES string of the molecule is OC(c1ccc(Cl)c(Cl)c1)c1ccncc1F. The summed E-state index contributed by atoms with van der Waals surface area (Å²) in [6.45, 7) is 0. The first-order valence-corrected chi connectivity index (χ1v) is 5.57. The summed E-state index contributed by atoms with van der Waals surface area (Å²) >= 11 is 11.6. The minimum absolute atomic E-state index is 0.151. The Kier molecular flexibility index (Phi) is 3.62. The van der Waals surface area contributed by atoms with Crippen LogP contribution in [-0.4, -0.2) is 10.1 Å². The average Bonchev–Trinajstić information content (AvgIpc) is 2.32. The molecule has 0 aliphatic heterocycles. The second-order valence-corrected chi connectivity index (χ2v) is 4.29. The Hall–Kier alpha value is -1.16. The van der Waals surface area contributed by atoms with Crippen LogP contribution in [0.4, 0.5) is 4.39 Å². The van der Waals surface area contributed by atoms with Crippen LogP contribution >= 0.6 is 23.2 Å². The van der Waals surface area contributed by atoms with Gasteiger partial charge in [0.15, 0.2) is 0 Å². The minimum atomic E-state index is -1.09. The molecule has 0 amide bonds. The molecule has 0 spiro atoms. The molecule has 0 saturated heterocycles. The van der Waals surface area contributed by atoms with Crippen molar-refractivity contribution in [3.8, 4) is 0 Å². The van der Waals surface area contributed by atoms with Crippen molar-refractivity contribution in [2.24, 2.45) is 0 Å². The molecular formula is C12H8Cl2FNO. The second-order valence-electron chi connectivity index (χ2n) is 3.47. The van der Waals surface area contributed by atoms with Crippen LogP contribution in [0.2, 0.25) is 10.0 Å². The molecule has 2 aromatic rings. The zero-order valence-electron chi connectivity index (χ0n) is 8.57. The van der Waals surface area contributed by atoms with Crippen LogP contribution in [0.1, 0.15) is 17.2 Å². The van der Waals surface area contributed by atoms with Crippen molar-refractivity contribution in [1.82, 2.24) is 4.98 Å². The van der Waals surface area contributed by atoms with Gasteiger partial charge in [0.05, 0.1) is 16.2 Å². The molecule has 1 N–H and O–H groups in total. The van der Waals surface area contributed by atoms with Crippen LogP contribution in [-0.2, 0) is 0 Å². The molecule has 5 heteroatoms. The molecule has 1 aromatic heterocycles. The summed E-state index contributed by atoms with van der Waals surface area (Å²) in [7, 11) is 0. The first-order valence-electron chi connectivity index (χ1n) is 4.82. The molecule has 0 aliphatic rings. The summed E-state index contributed by atoms with van der Waals surface area (Å²) in [6, 6.07) is 6.08. The highest BCUT2D eigenvalue weighted by molar-refractivity contribution is 6.42. The lowest BCUT2D eigenvalue weighted by Crippen LogP contribution is -2.02. The molecule has 0 aliphatic carbocycles. The summed E-state index contributed by atoms with van der Waals surface area (Å²) in [5.41, 5.74) is 0.628. The zero-order chi connectivity index (χ0) is 12.4. The predicted molar refractivity (Wildman–Crippen MR) is 64.7 cm³/mol. The number of hydrogen-bond acceptors (Lipinski definition) is 2. The molecule has 1 aromatic carbocycles. The van der Waals surface area contributed by atoms with E-state index in [9.17, 15) is 9.50 Å². The quantitative estimate of drug-likeness (QED) is 0.905. The van der Waals surface area contributed by atoms with Crippen molar-refractivity contribution in [3.63, 3.8) is 0 Å². The average molecular weight is 272 g/mol. The van der Waals surface area contributed by atoms with Crippen molar-refractivity contribution < 1.29 is 9.50 Å². The van der Waals surface area contributed by atoms with Gasteiger partial charge in [-0.3, -0.25) is 4.98 Å². The predicted octanol–water partition coefficient (Wildman–Crippen LogP) is 3.61. The molecule has 2 rings (SSSR count). The van der Waals surface area contributed by atoms with E-state index in [2.05, 4.69) is 4.98 Å². The number of hydrogen-bond donors (Lipinski definition) is 1. The Bertz CT molecular complexity index is 548. The van der Waals surface area contributed by atoms with E-state index in [-0.39, 0.29) is 5.56 Å². The topological polar surface area (TPSA) is 33.1 Å².